The van der Waals surface area contributed by atoms with E-state index < -0.39 is 17.7 Å². The highest BCUT2D eigenvalue weighted by atomic mass is 19.1. The monoisotopic (exact) mass is 462 g/mol. The minimum atomic E-state index is -0.740. The standard InChI is InChI=1S/C25H27FN6O2/c1-12(2)32-8-7-16-22(29-20-14-5-3-13(4-6-14)19(20)25(33)34)30-23(31-24(16)32)18-11-28-21-17(18)9-15(26)10-27-21/h7-14,19-20H,3-6H2,1-2H3,(H,27,28)(H,33,34)(H,29,30,31)/t13?,14?,19-,20-/m1/s1. The molecule has 0 radical (unpaired) electrons. The van der Waals surface area contributed by atoms with E-state index in [-0.39, 0.29) is 18.0 Å². The molecule has 4 aromatic rings. The van der Waals surface area contributed by atoms with Gasteiger partial charge in [0.05, 0.1) is 17.5 Å². The van der Waals surface area contributed by atoms with Crippen LogP contribution in [0.15, 0.2) is 30.7 Å². The Bertz CT molecular complexity index is 1400. The number of carboxylic acid groups (broad SMARTS) is 1. The average Bonchev–Trinajstić information content (AvgIpc) is 3.43. The molecule has 3 N–H and O–H groups in total. The number of nitrogens with one attached hydrogen (secondary N) is 2. The number of anilines is 1. The van der Waals surface area contributed by atoms with E-state index in [1.54, 1.807) is 6.20 Å². The molecule has 4 aromatic heterocycles. The van der Waals surface area contributed by atoms with Gasteiger partial charge in [0.1, 0.15) is 22.9 Å². The summed E-state index contributed by atoms with van der Waals surface area (Å²) in [7, 11) is 0. The zero-order valence-corrected chi connectivity index (χ0v) is 19.1. The van der Waals surface area contributed by atoms with Crippen molar-refractivity contribution in [3.8, 4) is 11.4 Å². The number of nitrogens with zero attached hydrogens (tertiary/aromatic N) is 4. The Kier molecular flexibility index (Phi) is 4.82. The molecule has 0 spiro atoms. The molecular weight excluding hydrogens is 435 g/mol. The Morgan fingerprint density at radius 3 is 2.71 bits per heavy atom. The first-order chi connectivity index (χ1) is 16.4. The van der Waals surface area contributed by atoms with E-state index in [0.29, 0.717) is 34.2 Å². The second kappa shape index (κ2) is 7.78. The van der Waals surface area contributed by atoms with Gasteiger partial charge in [0, 0.05) is 35.4 Å². The highest BCUT2D eigenvalue weighted by molar-refractivity contribution is 5.95. The van der Waals surface area contributed by atoms with Crippen molar-refractivity contribution in [2.75, 3.05) is 5.32 Å². The van der Waals surface area contributed by atoms with E-state index in [4.69, 9.17) is 9.97 Å². The number of aromatic amines is 1. The lowest BCUT2D eigenvalue weighted by molar-refractivity contribution is -0.148. The van der Waals surface area contributed by atoms with Crippen LogP contribution >= 0.6 is 0 Å². The predicted octanol–water partition coefficient (Wildman–Crippen LogP) is 5.00. The predicted molar refractivity (Wildman–Crippen MR) is 127 cm³/mol. The van der Waals surface area contributed by atoms with Crippen LogP contribution in [0.4, 0.5) is 10.2 Å². The van der Waals surface area contributed by atoms with Crippen molar-refractivity contribution in [1.29, 1.82) is 0 Å². The van der Waals surface area contributed by atoms with Crippen LogP contribution in [0, 0.1) is 23.6 Å². The number of hydrogen-bond acceptors (Lipinski definition) is 5. The second-order valence-corrected chi connectivity index (χ2v) is 9.91. The van der Waals surface area contributed by atoms with Crippen LogP contribution in [0.2, 0.25) is 0 Å². The zero-order valence-electron chi connectivity index (χ0n) is 19.1. The van der Waals surface area contributed by atoms with Crippen LogP contribution in [0.25, 0.3) is 33.5 Å². The van der Waals surface area contributed by atoms with Crippen molar-refractivity contribution in [3.63, 3.8) is 0 Å². The third-order valence-corrected chi connectivity index (χ3v) is 7.67. The summed E-state index contributed by atoms with van der Waals surface area (Å²) >= 11 is 0. The van der Waals surface area contributed by atoms with Gasteiger partial charge in [0.2, 0.25) is 0 Å². The number of rotatable bonds is 5. The third kappa shape index (κ3) is 3.25. The first-order valence-electron chi connectivity index (χ1n) is 11.9. The topological polar surface area (TPSA) is 109 Å². The summed E-state index contributed by atoms with van der Waals surface area (Å²) in [4.78, 5) is 29.1. The first-order valence-corrected chi connectivity index (χ1v) is 11.9. The summed E-state index contributed by atoms with van der Waals surface area (Å²) in [5, 5.41) is 15.0. The van der Waals surface area contributed by atoms with Gasteiger partial charge in [0.25, 0.3) is 0 Å². The van der Waals surface area contributed by atoms with E-state index in [9.17, 15) is 14.3 Å². The van der Waals surface area contributed by atoms with Gasteiger partial charge in [-0.1, -0.05) is 0 Å². The molecule has 34 heavy (non-hydrogen) atoms. The number of H-pyrrole nitrogens is 1. The molecular formula is C25H27FN6O2. The summed E-state index contributed by atoms with van der Waals surface area (Å²) in [5.74, 6) is -0.0300. The minimum absolute atomic E-state index is 0.174. The van der Waals surface area contributed by atoms with Crippen LogP contribution in [0.1, 0.15) is 45.6 Å². The van der Waals surface area contributed by atoms with Crippen LogP contribution < -0.4 is 5.32 Å². The molecule has 0 unspecified atom stereocenters. The van der Waals surface area contributed by atoms with Crippen LogP contribution in [-0.4, -0.2) is 41.6 Å². The molecule has 3 aliphatic rings. The van der Waals surface area contributed by atoms with Crippen LogP contribution in [0.3, 0.4) is 0 Å². The van der Waals surface area contributed by atoms with E-state index in [2.05, 4.69) is 33.7 Å². The number of carboxylic acids is 1. The number of aliphatic carboxylic acids is 1. The minimum Gasteiger partial charge on any atom is -0.481 e. The molecule has 3 saturated carbocycles. The molecule has 0 aromatic carbocycles. The normalized spacial score (nSPS) is 24.4. The molecule has 4 heterocycles. The van der Waals surface area contributed by atoms with E-state index in [1.807, 2.05) is 12.3 Å². The molecule has 0 aliphatic heterocycles. The summed E-state index contributed by atoms with van der Waals surface area (Å²) in [6, 6.07) is 3.40. The Morgan fingerprint density at radius 2 is 1.97 bits per heavy atom. The molecule has 0 saturated heterocycles. The molecule has 176 valence electrons. The molecule has 8 nitrogen and oxygen atoms in total. The molecule has 3 aliphatic carbocycles. The van der Waals surface area contributed by atoms with Crippen molar-refractivity contribution in [2.24, 2.45) is 17.8 Å². The number of pyridine rings is 1. The molecule has 3 fully saturated rings. The van der Waals surface area contributed by atoms with Crippen molar-refractivity contribution < 1.29 is 14.3 Å². The lowest BCUT2D eigenvalue weighted by Crippen LogP contribution is -2.51. The maximum absolute atomic E-state index is 14.0. The van der Waals surface area contributed by atoms with Crippen molar-refractivity contribution in [2.45, 2.75) is 51.6 Å². The molecule has 2 atom stereocenters. The zero-order chi connectivity index (χ0) is 23.6. The summed E-state index contributed by atoms with van der Waals surface area (Å²) in [6.07, 6.45) is 8.92. The largest absolute Gasteiger partial charge is 0.481 e. The van der Waals surface area contributed by atoms with Crippen LogP contribution in [0.5, 0.6) is 0 Å². The lowest BCUT2D eigenvalue weighted by atomic mass is 9.61. The van der Waals surface area contributed by atoms with Gasteiger partial charge < -0.3 is 20.0 Å². The third-order valence-electron chi connectivity index (χ3n) is 7.67. The van der Waals surface area contributed by atoms with Gasteiger partial charge in [0.15, 0.2) is 5.82 Å². The smallest absolute Gasteiger partial charge is 0.308 e. The number of aromatic nitrogens is 5. The Labute approximate surface area is 195 Å². The highest BCUT2D eigenvalue weighted by Gasteiger charge is 2.47. The van der Waals surface area contributed by atoms with Gasteiger partial charge in [-0.05, 0) is 63.5 Å². The molecule has 0 amide bonds. The summed E-state index contributed by atoms with van der Waals surface area (Å²) in [5.41, 5.74) is 1.97. The molecule has 2 bridgehead atoms. The summed E-state index contributed by atoms with van der Waals surface area (Å²) < 4.78 is 16.1. The average molecular weight is 463 g/mol. The maximum Gasteiger partial charge on any atom is 0.308 e. The fraction of sp³-hybridized carbons (Fsp3) is 0.440. The van der Waals surface area contributed by atoms with E-state index >= 15 is 0 Å². The van der Waals surface area contributed by atoms with Crippen molar-refractivity contribution in [3.05, 3.63) is 36.5 Å². The number of hydrogen-bond donors (Lipinski definition) is 3. The van der Waals surface area contributed by atoms with Gasteiger partial charge >= 0.3 is 5.97 Å². The quantitative estimate of drug-likeness (QED) is 0.385. The van der Waals surface area contributed by atoms with Gasteiger partial charge in [-0.2, -0.15) is 0 Å². The Hall–Kier alpha value is -3.49. The van der Waals surface area contributed by atoms with E-state index in [1.165, 1.54) is 12.3 Å². The van der Waals surface area contributed by atoms with Crippen molar-refractivity contribution >= 4 is 33.9 Å². The Morgan fingerprint density at radius 1 is 1.21 bits per heavy atom. The lowest BCUT2D eigenvalue weighted by Gasteiger charge is -2.47. The fourth-order valence-corrected chi connectivity index (χ4v) is 6.01. The van der Waals surface area contributed by atoms with Crippen molar-refractivity contribution in [1.82, 2.24) is 24.5 Å². The SMILES string of the molecule is CC(C)n1ccc2c(N[C@@H]3C4CCC(CC4)[C@H]3C(=O)O)nc(-c3c[nH]c4ncc(F)cc34)nc21. The Balaban J connectivity index is 1.51. The van der Waals surface area contributed by atoms with Crippen LogP contribution in [-0.2, 0) is 4.79 Å². The first kappa shape index (κ1) is 21.1. The van der Waals surface area contributed by atoms with Gasteiger partial charge in [-0.15, -0.1) is 0 Å². The van der Waals surface area contributed by atoms with Gasteiger partial charge in [-0.25, -0.2) is 19.3 Å². The number of fused-ring (bicyclic) bond motifs is 5. The number of halogens is 1. The maximum atomic E-state index is 14.0. The molecule has 7 rings (SSSR count). The van der Waals surface area contributed by atoms with E-state index in [0.717, 1.165) is 36.7 Å². The fourth-order valence-electron chi connectivity index (χ4n) is 6.01. The number of carbonyl (C=O) groups is 1. The van der Waals surface area contributed by atoms with Gasteiger partial charge in [-0.3, -0.25) is 4.79 Å². The molecule has 9 heteroatoms. The highest BCUT2D eigenvalue weighted by Crippen LogP contribution is 2.47. The second-order valence-electron chi connectivity index (χ2n) is 9.91. The summed E-state index contributed by atoms with van der Waals surface area (Å²) in [6.45, 7) is 4.17.